The lowest BCUT2D eigenvalue weighted by atomic mass is 9.99. The lowest BCUT2D eigenvalue weighted by Crippen LogP contribution is -2.03. The summed E-state index contributed by atoms with van der Waals surface area (Å²) in [6.07, 6.45) is 2.42. The number of ether oxygens (including phenoxy) is 3. The van der Waals surface area contributed by atoms with Crippen LogP contribution in [0.3, 0.4) is 0 Å². The zero-order chi connectivity index (χ0) is 22.7. The molecule has 7 heteroatoms. The highest BCUT2D eigenvalue weighted by Crippen LogP contribution is 2.36. The first kappa shape index (κ1) is 21.1. The molecule has 0 saturated carbocycles. The van der Waals surface area contributed by atoms with Gasteiger partial charge in [0.15, 0.2) is 11.5 Å². The predicted molar refractivity (Wildman–Crippen MR) is 122 cm³/mol. The number of aliphatic hydroxyl groups is 1. The molecule has 0 bridgehead atoms. The van der Waals surface area contributed by atoms with Gasteiger partial charge in [0.25, 0.3) is 5.91 Å². The zero-order valence-electron chi connectivity index (χ0n) is 17.9. The number of hydrogen-bond acceptors (Lipinski definition) is 5. The van der Waals surface area contributed by atoms with Crippen LogP contribution in [-0.4, -0.2) is 37.3 Å². The quantitative estimate of drug-likeness (QED) is 0.425. The number of hydrogen-bond donors (Lipinski definition) is 3. The van der Waals surface area contributed by atoms with Crippen LogP contribution >= 0.6 is 0 Å². The maximum absolute atomic E-state index is 12.6. The van der Waals surface area contributed by atoms with E-state index in [-0.39, 0.29) is 5.91 Å². The fourth-order valence-corrected chi connectivity index (χ4v) is 3.55. The number of methoxy groups -OCH3 is 3. The second kappa shape index (κ2) is 8.92. The van der Waals surface area contributed by atoms with Gasteiger partial charge >= 0.3 is 0 Å². The Hall–Kier alpha value is -4.15. The highest BCUT2D eigenvalue weighted by atomic mass is 16.5. The lowest BCUT2D eigenvalue weighted by molar-refractivity contribution is -0.110. The molecule has 1 unspecified atom stereocenters. The Kier molecular flexibility index (Phi) is 5.88. The second-order valence-corrected chi connectivity index (χ2v) is 6.99. The van der Waals surface area contributed by atoms with Crippen molar-refractivity contribution in [3.63, 3.8) is 0 Å². The molecule has 1 aliphatic heterocycles. The van der Waals surface area contributed by atoms with Gasteiger partial charge in [-0.05, 0) is 42.0 Å². The van der Waals surface area contributed by atoms with Gasteiger partial charge in [0.2, 0.25) is 0 Å². The Morgan fingerprint density at radius 1 is 1.00 bits per heavy atom. The lowest BCUT2D eigenvalue weighted by Gasteiger charge is -2.10. The molecule has 3 N–H and O–H groups in total. The van der Waals surface area contributed by atoms with Crippen molar-refractivity contribution >= 4 is 23.2 Å². The van der Waals surface area contributed by atoms with E-state index in [0.29, 0.717) is 50.9 Å². The number of aromatic nitrogens is 1. The molecular formula is C25H22N2O5. The number of carbonyl (C=O) groups excluding carboxylic acids is 1. The van der Waals surface area contributed by atoms with Gasteiger partial charge < -0.3 is 29.6 Å². The summed E-state index contributed by atoms with van der Waals surface area (Å²) in [5.74, 6) is 7.35. The smallest absolute Gasteiger partial charge is 0.256 e. The molecule has 2 heterocycles. The number of aromatic amines is 1. The first-order valence-corrected chi connectivity index (χ1v) is 9.85. The third kappa shape index (κ3) is 3.92. The highest BCUT2D eigenvalue weighted by molar-refractivity contribution is 6.35. The van der Waals surface area contributed by atoms with E-state index >= 15 is 0 Å². The summed E-state index contributed by atoms with van der Waals surface area (Å²) in [4.78, 5) is 15.7. The summed E-state index contributed by atoms with van der Waals surface area (Å²) >= 11 is 0. The predicted octanol–water partition coefficient (Wildman–Crippen LogP) is 3.62. The normalized spacial score (nSPS) is 14.2. The second-order valence-electron chi connectivity index (χ2n) is 6.99. The molecule has 7 nitrogen and oxygen atoms in total. The van der Waals surface area contributed by atoms with Gasteiger partial charge in [0.1, 0.15) is 11.9 Å². The third-order valence-corrected chi connectivity index (χ3v) is 5.14. The molecule has 3 aromatic rings. The first-order chi connectivity index (χ1) is 15.5. The van der Waals surface area contributed by atoms with Gasteiger partial charge in [0.05, 0.1) is 38.3 Å². The Labute approximate surface area is 185 Å². The van der Waals surface area contributed by atoms with E-state index in [1.807, 2.05) is 18.2 Å². The minimum Gasteiger partial charge on any atom is -0.495 e. The molecule has 0 saturated heterocycles. The molecule has 1 aromatic heterocycles. The van der Waals surface area contributed by atoms with Gasteiger partial charge in [-0.2, -0.15) is 0 Å². The molecule has 32 heavy (non-hydrogen) atoms. The fraction of sp³-hybridized carbons (Fsp3) is 0.160. The summed E-state index contributed by atoms with van der Waals surface area (Å²) in [6, 6.07) is 12.3. The number of rotatable bonds is 5. The van der Waals surface area contributed by atoms with E-state index in [1.165, 1.54) is 7.11 Å². The summed E-state index contributed by atoms with van der Waals surface area (Å²) in [6.45, 7) is 0. The number of H-pyrrole nitrogens is 1. The van der Waals surface area contributed by atoms with Crippen molar-refractivity contribution in [2.75, 3.05) is 26.6 Å². The van der Waals surface area contributed by atoms with Gasteiger partial charge in [0, 0.05) is 17.3 Å². The summed E-state index contributed by atoms with van der Waals surface area (Å²) in [5.41, 5.74) is 3.69. The van der Waals surface area contributed by atoms with Crippen LogP contribution in [0.5, 0.6) is 17.2 Å². The number of aliphatic hydroxyl groups excluding tert-OH is 1. The Morgan fingerprint density at radius 2 is 1.78 bits per heavy atom. The Balaban J connectivity index is 1.71. The van der Waals surface area contributed by atoms with Gasteiger partial charge in [-0.25, -0.2) is 0 Å². The van der Waals surface area contributed by atoms with Crippen molar-refractivity contribution in [2.45, 2.75) is 6.10 Å². The monoisotopic (exact) mass is 430 g/mol. The number of benzene rings is 2. The van der Waals surface area contributed by atoms with Gasteiger partial charge in [-0.1, -0.05) is 24.0 Å². The van der Waals surface area contributed by atoms with Crippen LogP contribution in [0.1, 0.15) is 28.5 Å². The molecule has 0 spiro atoms. The molecular weight excluding hydrogens is 408 g/mol. The van der Waals surface area contributed by atoms with Crippen molar-refractivity contribution < 1.29 is 24.1 Å². The molecule has 1 aliphatic rings. The van der Waals surface area contributed by atoms with E-state index in [0.717, 1.165) is 0 Å². The largest absolute Gasteiger partial charge is 0.495 e. The number of carbonyl (C=O) groups is 1. The highest BCUT2D eigenvalue weighted by Gasteiger charge is 2.27. The van der Waals surface area contributed by atoms with Crippen LogP contribution in [0, 0.1) is 11.8 Å². The fourth-order valence-electron chi connectivity index (χ4n) is 3.55. The van der Waals surface area contributed by atoms with Crippen molar-refractivity contribution in [2.24, 2.45) is 0 Å². The van der Waals surface area contributed by atoms with E-state index in [1.54, 1.807) is 50.8 Å². The van der Waals surface area contributed by atoms with Crippen LogP contribution in [0.2, 0.25) is 0 Å². The van der Waals surface area contributed by atoms with Crippen LogP contribution in [0.4, 0.5) is 5.69 Å². The van der Waals surface area contributed by atoms with Gasteiger partial charge in [-0.15, -0.1) is 0 Å². The van der Waals surface area contributed by atoms with Crippen molar-refractivity contribution in [1.29, 1.82) is 0 Å². The molecule has 4 rings (SSSR count). The summed E-state index contributed by atoms with van der Waals surface area (Å²) < 4.78 is 15.9. The molecule has 1 atom stereocenters. The molecule has 0 radical (unpaired) electrons. The summed E-state index contributed by atoms with van der Waals surface area (Å²) in [7, 11) is 4.65. The molecule has 0 fully saturated rings. The topological polar surface area (TPSA) is 92.8 Å². The standard InChI is InChI=1S/C25H22N2O5/c1-30-21-11-12-26-19(21)14-17-24-15(5-4-6-18(24)27-25(17)29)7-9-20(28)16-8-10-22(31-2)23(13-16)32-3/h4-6,8,10-14,20,26,28H,1-3H3,(H,27,29)/b17-14-. The minimum atomic E-state index is -1.05. The van der Waals surface area contributed by atoms with E-state index in [9.17, 15) is 9.90 Å². The van der Waals surface area contributed by atoms with Crippen molar-refractivity contribution in [3.8, 4) is 29.1 Å². The average molecular weight is 430 g/mol. The number of fused-ring (bicyclic) bond motifs is 1. The van der Waals surface area contributed by atoms with E-state index in [2.05, 4.69) is 22.1 Å². The van der Waals surface area contributed by atoms with Crippen molar-refractivity contribution in [3.05, 3.63) is 71.0 Å². The van der Waals surface area contributed by atoms with Crippen LogP contribution in [-0.2, 0) is 4.79 Å². The minimum absolute atomic E-state index is 0.230. The Morgan fingerprint density at radius 3 is 2.53 bits per heavy atom. The first-order valence-electron chi connectivity index (χ1n) is 9.85. The number of amides is 1. The summed E-state index contributed by atoms with van der Waals surface area (Å²) in [5, 5.41) is 13.5. The molecule has 162 valence electrons. The maximum atomic E-state index is 12.6. The third-order valence-electron chi connectivity index (χ3n) is 5.14. The van der Waals surface area contributed by atoms with E-state index in [4.69, 9.17) is 14.2 Å². The number of nitrogens with one attached hydrogen (secondary N) is 2. The van der Waals surface area contributed by atoms with Crippen LogP contribution in [0.15, 0.2) is 48.7 Å². The maximum Gasteiger partial charge on any atom is 0.256 e. The van der Waals surface area contributed by atoms with Crippen LogP contribution < -0.4 is 19.5 Å². The molecule has 1 amide bonds. The van der Waals surface area contributed by atoms with E-state index < -0.39 is 6.10 Å². The Bertz CT molecular complexity index is 1260. The average Bonchev–Trinajstić information content (AvgIpc) is 3.40. The zero-order valence-corrected chi connectivity index (χ0v) is 17.9. The SMILES string of the molecule is COc1ccc(C(O)C#Cc2cccc3c2/C(=C/c2[nH]ccc2OC)C(=O)N3)cc1OC. The molecule has 2 aromatic carbocycles. The van der Waals surface area contributed by atoms with Crippen LogP contribution in [0.25, 0.3) is 11.6 Å². The van der Waals surface area contributed by atoms with Gasteiger partial charge in [-0.3, -0.25) is 4.79 Å². The van der Waals surface area contributed by atoms with Crippen molar-refractivity contribution in [1.82, 2.24) is 4.98 Å². The number of anilines is 1. The molecule has 0 aliphatic carbocycles.